The van der Waals surface area contributed by atoms with Crippen LogP contribution in [-0.4, -0.2) is 172 Å². The molecule has 3 aromatic carbocycles. The molecule has 0 unspecified atom stereocenters. The van der Waals surface area contributed by atoms with Gasteiger partial charge in [0.2, 0.25) is 6.29 Å². The van der Waals surface area contributed by atoms with Gasteiger partial charge < -0.3 is 48.6 Å². The number of carbonyl (C=O) groups is 3. The summed E-state index contributed by atoms with van der Waals surface area (Å²) in [5, 5.41) is 6.36. The molecule has 30 heteroatoms. The third-order valence-corrected chi connectivity index (χ3v) is 25.2. The van der Waals surface area contributed by atoms with Crippen molar-refractivity contribution >= 4 is 143 Å². The van der Waals surface area contributed by atoms with Crippen molar-refractivity contribution < 1.29 is 46.3 Å². The van der Waals surface area contributed by atoms with Crippen LogP contribution in [0.1, 0.15) is 110 Å². The minimum absolute atomic E-state index is 0. The lowest BCUT2D eigenvalue weighted by molar-refractivity contribution is -0.156. The number of fused-ring (bicyclic) bond motifs is 9. The van der Waals surface area contributed by atoms with Crippen molar-refractivity contribution in [2.45, 2.75) is 125 Å². The quantitative estimate of drug-likeness (QED) is 0.122. The Morgan fingerprint density at radius 1 is 0.509 bits per heavy atom. The summed E-state index contributed by atoms with van der Waals surface area (Å²) < 4.78 is 59.2. The van der Waals surface area contributed by atoms with Gasteiger partial charge in [-0.1, -0.05) is 119 Å². The van der Waals surface area contributed by atoms with Crippen molar-refractivity contribution in [2.75, 3.05) is 93.2 Å². The lowest BCUT2D eigenvalue weighted by Crippen LogP contribution is -2.50. The normalized spacial score (nSPS) is 16.5. The van der Waals surface area contributed by atoms with E-state index in [0.29, 0.717) is 39.3 Å². The largest absolute Gasteiger partial charge is 0.508 e. The molecule has 0 atom stereocenters. The summed E-state index contributed by atoms with van der Waals surface area (Å²) in [6.45, 7) is 28.9. The van der Waals surface area contributed by atoms with Gasteiger partial charge in [-0.25, -0.2) is 24.5 Å². The Morgan fingerprint density at radius 3 is 1.25 bits per heavy atom. The molecule has 19 nitrogen and oxygen atoms in total. The predicted molar refractivity (Wildman–Crippen MR) is 432 cm³/mol. The number of piperazine rings is 3. The monoisotopic (exact) mass is 1760 g/mol. The van der Waals surface area contributed by atoms with E-state index >= 15 is 0 Å². The number of amides is 2. The van der Waals surface area contributed by atoms with Gasteiger partial charge in [0, 0.05) is 149 Å². The van der Waals surface area contributed by atoms with Crippen molar-refractivity contribution in [2.24, 2.45) is 0 Å². The highest BCUT2D eigenvalue weighted by Crippen LogP contribution is 2.49. The van der Waals surface area contributed by atoms with Gasteiger partial charge >= 0.3 is 25.5 Å². The van der Waals surface area contributed by atoms with E-state index in [1.807, 2.05) is 93.9 Å². The van der Waals surface area contributed by atoms with Gasteiger partial charge in [-0.2, -0.15) is 13.2 Å². The molecule has 0 bridgehead atoms. The third-order valence-electron chi connectivity index (χ3n) is 18.6. The van der Waals surface area contributed by atoms with E-state index in [4.69, 9.17) is 33.5 Å². The van der Waals surface area contributed by atoms with Gasteiger partial charge in [0.05, 0.1) is 42.8 Å². The Hall–Kier alpha value is -6.74. The molecule has 16 rings (SSSR count). The van der Waals surface area contributed by atoms with Crippen molar-refractivity contribution in [1.82, 2.24) is 45.0 Å². The molecule has 4 fully saturated rings. The number of thiazole rings is 3. The number of pyridine rings is 3. The molecule has 4 aliphatic heterocycles. The number of carbonyl (C=O) groups excluding carboxylic acids is 3. The zero-order valence-corrected chi connectivity index (χ0v) is 68.6. The first-order valence-electron chi connectivity index (χ1n) is 34.5. The van der Waals surface area contributed by atoms with Crippen LogP contribution in [0.15, 0.2) is 128 Å². The lowest BCUT2D eigenvalue weighted by Gasteiger charge is -2.35. The van der Waals surface area contributed by atoms with E-state index in [2.05, 4.69) is 189 Å². The summed E-state index contributed by atoms with van der Waals surface area (Å²) in [5.74, 6) is 0. The Morgan fingerprint density at radius 2 is 0.858 bits per heavy atom. The second-order valence-corrected chi connectivity index (χ2v) is 34.8. The Bertz CT molecular complexity index is 4650. The molecule has 7 aliphatic rings. The van der Waals surface area contributed by atoms with Gasteiger partial charge in [-0.15, -0.1) is 11.3 Å². The van der Waals surface area contributed by atoms with Crippen LogP contribution in [0.25, 0.3) is 54.3 Å². The minimum Gasteiger partial charge on any atom is -0.444 e. The van der Waals surface area contributed by atoms with Crippen molar-refractivity contribution in [3.8, 4) is 54.3 Å². The fourth-order valence-corrected chi connectivity index (χ4v) is 18.6. The number of benzene rings is 3. The molecule has 0 radical (unpaired) electrons. The molecule has 10 heterocycles. The Labute approximate surface area is 663 Å². The summed E-state index contributed by atoms with van der Waals surface area (Å²) in [7, 11) is -0.436. The van der Waals surface area contributed by atoms with Gasteiger partial charge in [0.25, 0.3) is 0 Å². The summed E-state index contributed by atoms with van der Waals surface area (Å²) in [5.41, 5.74) is 15.9. The molecule has 9 aromatic rings. The molecule has 560 valence electrons. The van der Waals surface area contributed by atoms with Crippen molar-refractivity contribution in [1.29, 1.82) is 0 Å². The average molecular weight is 1760 g/mol. The molecule has 0 spiro atoms. The van der Waals surface area contributed by atoms with Crippen LogP contribution in [0, 0.1) is 0 Å². The van der Waals surface area contributed by atoms with Gasteiger partial charge in [0.15, 0.2) is 15.4 Å². The number of aromatic nitrogens is 6. The number of rotatable bonds is 6. The van der Waals surface area contributed by atoms with E-state index in [-0.39, 0.29) is 30.8 Å². The topological polar surface area (TPSA) is 194 Å². The Balaban J connectivity index is 0.000000140. The van der Waals surface area contributed by atoms with Crippen LogP contribution in [0.2, 0.25) is 0 Å². The number of anilines is 3. The third kappa shape index (κ3) is 18.6. The predicted octanol–water partition coefficient (Wildman–Crippen LogP) is 17.6. The van der Waals surface area contributed by atoms with Crippen molar-refractivity contribution in [3.05, 3.63) is 162 Å². The maximum absolute atomic E-state index is 12.4. The first-order chi connectivity index (χ1) is 49.8. The van der Waals surface area contributed by atoms with Crippen LogP contribution in [-0.2, 0) is 42.8 Å². The van der Waals surface area contributed by atoms with Gasteiger partial charge in [-0.05, 0) is 169 Å². The second kappa shape index (κ2) is 33.2. The maximum Gasteiger partial charge on any atom is 0.508 e. The maximum atomic E-state index is 12.4. The van der Waals surface area contributed by atoms with Crippen LogP contribution >= 0.6 is 97.7 Å². The SMILES string of the molecule is Brc1ccnc2c1-c1ccccc1C2.Brc1nc(N2CCNCC2)sc1-c1ccnc2c1-c1ccccc1C2.C.CC(C)(C)OC(=O)N1CCN(c2nc(Br)c(-c3ccnc4c3-c3ccccc3C4)s2)CC1.CC(C)(C)OC(=O)N1CCN(c2nc(Br)c(B3OC(C)(C)C(C)(C)O3)s2)CC1.O=CC(F)(F)F. The zero-order valence-electron chi connectivity index (χ0n) is 59.8. The first kappa shape index (κ1) is 80.3. The van der Waals surface area contributed by atoms with E-state index in [9.17, 15) is 22.8 Å². The number of halogens is 7. The standard InChI is InChI=1S/C24H25BrN4O2S.C19H17BrN4S.C18H29BBrN3O4S.C12H8BrN.C2HF3O.CH4/c1-24(2,3)31-23(30)29-12-10-28(11-13-29)22-27-21(25)20(32-22)17-8-9-26-18-14-15-6-4-5-7-16(15)19(17)18;20-18-17(25-19(23-18)24-9-7-21-8-10-24)14-5-6-22-15-11-12-3-1-2-4-13(12)16(14)15;1-16(2,3)25-15(24)23-10-8-22(9-11-23)14-21-13(20)12(28-14)19-26-17(4,5)18(6,7)27-19;13-10-5-6-14-11-7-8-3-1-2-4-9(8)12(10)11;3-2(4,5)1-6;/h4-9H,10-14H2,1-3H3;1-6,21H,7-11H2;8-11H2,1-7H3;1-6H,7H2;1H;1H4. The highest BCUT2D eigenvalue weighted by atomic mass is 79.9. The summed E-state index contributed by atoms with van der Waals surface area (Å²) in [6.07, 6.45) is 2.22. The van der Waals surface area contributed by atoms with E-state index in [1.165, 1.54) is 77.5 Å². The van der Waals surface area contributed by atoms with Crippen molar-refractivity contribution in [3.63, 3.8) is 0 Å². The Kier molecular flexibility index (Phi) is 25.2. The van der Waals surface area contributed by atoms with E-state index in [1.54, 1.807) is 43.8 Å². The summed E-state index contributed by atoms with van der Waals surface area (Å²) >= 11 is 19.6. The number of hydrogen-bond donors (Lipinski definition) is 1. The number of hydrogen-bond acceptors (Lipinski definition) is 20. The average Bonchev–Trinajstić information content (AvgIpc) is 1.62. The summed E-state index contributed by atoms with van der Waals surface area (Å²) in [6, 6.07) is 31.9. The van der Waals surface area contributed by atoms with E-state index in [0.717, 1.165) is 108 Å². The molecule has 6 aromatic heterocycles. The number of ether oxygens (including phenoxy) is 2. The fourth-order valence-electron chi connectivity index (χ4n) is 12.8. The highest BCUT2D eigenvalue weighted by Gasteiger charge is 2.53. The number of aldehydes is 1. The fraction of sp³-hybridized carbons (Fsp3) is 0.408. The van der Waals surface area contributed by atoms with Crippen LogP contribution in [0.4, 0.5) is 38.2 Å². The molecule has 1 N–H and O–H groups in total. The molecular formula is C76H84BBr4F3N12O7S3. The van der Waals surface area contributed by atoms with Gasteiger partial charge in [0.1, 0.15) is 25.0 Å². The number of alkyl halides is 3. The van der Waals surface area contributed by atoms with E-state index < -0.39 is 30.8 Å². The van der Waals surface area contributed by atoms with Gasteiger partial charge in [-0.3, -0.25) is 19.7 Å². The van der Waals surface area contributed by atoms with Crippen LogP contribution in [0.5, 0.6) is 0 Å². The second-order valence-electron chi connectivity index (χ2n) is 28.8. The van der Waals surface area contributed by atoms with Crippen LogP contribution < -0.4 is 24.8 Å². The molecule has 2 amide bonds. The smallest absolute Gasteiger partial charge is 0.444 e. The van der Waals surface area contributed by atoms with Crippen LogP contribution in [0.3, 0.4) is 0 Å². The zero-order chi connectivity index (χ0) is 74.9. The molecule has 0 saturated carbocycles. The number of nitrogens with zero attached hydrogens (tertiary/aromatic N) is 11. The first-order valence-corrected chi connectivity index (χ1v) is 40.1. The summed E-state index contributed by atoms with van der Waals surface area (Å²) in [4.78, 5) is 73.9. The lowest BCUT2D eigenvalue weighted by atomic mass is 9.89. The molecule has 4 saturated heterocycles. The highest BCUT2D eigenvalue weighted by molar-refractivity contribution is 9.11. The molecular weight excluding hydrogens is 1680 g/mol. The minimum atomic E-state index is -4.64. The molecule has 3 aliphatic carbocycles. The number of nitrogens with one attached hydrogen (secondary N) is 1. The molecule has 106 heavy (non-hydrogen) atoms.